The van der Waals surface area contributed by atoms with E-state index in [1.165, 1.54) is 12.5 Å². The predicted molar refractivity (Wildman–Crippen MR) is 60.6 cm³/mol. The van der Waals surface area contributed by atoms with Crippen molar-refractivity contribution in [2.45, 2.75) is 32.2 Å². The van der Waals surface area contributed by atoms with Crippen LogP contribution in [0.25, 0.3) is 0 Å². The van der Waals surface area contributed by atoms with E-state index in [-0.39, 0.29) is 11.9 Å². The van der Waals surface area contributed by atoms with Crippen LogP contribution in [0.3, 0.4) is 0 Å². The van der Waals surface area contributed by atoms with E-state index in [2.05, 4.69) is 13.5 Å². The monoisotopic (exact) mass is 211 g/mol. The Balaban J connectivity index is 2.62. The number of piperidine rings is 1. The minimum absolute atomic E-state index is 0.0339. The SMILES string of the molecule is C=CC(=O)N1CCC(CC)CC1COC. The van der Waals surface area contributed by atoms with Gasteiger partial charge in [0.15, 0.2) is 0 Å². The molecule has 0 saturated carbocycles. The smallest absolute Gasteiger partial charge is 0.246 e. The third kappa shape index (κ3) is 3.06. The highest BCUT2D eigenvalue weighted by Crippen LogP contribution is 2.25. The Labute approximate surface area is 92.1 Å². The lowest BCUT2D eigenvalue weighted by Crippen LogP contribution is -2.47. The van der Waals surface area contributed by atoms with Crippen LogP contribution in [0, 0.1) is 5.92 Å². The second-order valence-corrected chi connectivity index (χ2v) is 4.14. The van der Waals surface area contributed by atoms with Crippen LogP contribution in [0.1, 0.15) is 26.2 Å². The molecule has 1 saturated heterocycles. The molecular formula is C12H21NO2. The van der Waals surface area contributed by atoms with Crippen molar-refractivity contribution in [3.05, 3.63) is 12.7 Å². The van der Waals surface area contributed by atoms with Gasteiger partial charge in [-0.25, -0.2) is 0 Å². The average Bonchev–Trinajstić information content (AvgIpc) is 2.28. The van der Waals surface area contributed by atoms with Gasteiger partial charge >= 0.3 is 0 Å². The number of amides is 1. The molecule has 1 amide bonds. The fourth-order valence-corrected chi connectivity index (χ4v) is 2.26. The Hall–Kier alpha value is -0.830. The number of ether oxygens (including phenoxy) is 1. The fourth-order valence-electron chi connectivity index (χ4n) is 2.26. The molecule has 2 unspecified atom stereocenters. The third-order valence-electron chi connectivity index (χ3n) is 3.22. The maximum absolute atomic E-state index is 11.6. The van der Waals surface area contributed by atoms with E-state index >= 15 is 0 Å². The second-order valence-electron chi connectivity index (χ2n) is 4.14. The molecule has 86 valence electrons. The lowest BCUT2D eigenvalue weighted by molar-refractivity contribution is -0.131. The van der Waals surface area contributed by atoms with E-state index in [0.29, 0.717) is 6.61 Å². The van der Waals surface area contributed by atoms with E-state index in [1.54, 1.807) is 7.11 Å². The summed E-state index contributed by atoms with van der Waals surface area (Å²) in [5, 5.41) is 0. The Morgan fingerprint density at radius 2 is 2.40 bits per heavy atom. The fraction of sp³-hybridized carbons (Fsp3) is 0.750. The van der Waals surface area contributed by atoms with Gasteiger partial charge < -0.3 is 9.64 Å². The molecule has 0 aromatic carbocycles. The molecule has 1 rings (SSSR count). The zero-order chi connectivity index (χ0) is 11.3. The number of nitrogens with zero attached hydrogens (tertiary/aromatic N) is 1. The highest BCUT2D eigenvalue weighted by atomic mass is 16.5. The highest BCUT2D eigenvalue weighted by Gasteiger charge is 2.29. The summed E-state index contributed by atoms with van der Waals surface area (Å²) >= 11 is 0. The van der Waals surface area contributed by atoms with Crippen molar-refractivity contribution in [3.63, 3.8) is 0 Å². The van der Waals surface area contributed by atoms with Gasteiger partial charge in [0, 0.05) is 13.7 Å². The summed E-state index contributed by atoms with van der Waals surface area (Å²) in [4.78, 5) is 13.5. The number of hydrogen-bond donors (Lipinski definition) is 0. The molecule has 2 atom stereocenters. The summed E-state index contributed by atoms with van der Waals surface area (Å²) in [5.41, 5.74) is 0. The van der Waals surface area contributed by atoms with Crippen molar-refractivity contribution in [1.29, 1.82) is 0 Å². The summed E-state index contributed by atoms with van der Waals surface area (Å²) in [7, 11) is 1.69. The van der Waals surface area contributed by atoms with Crippen LogP contribution in [0.2, 0.25) is 0 Å². The molecule has 0 spiro atoms. The van der Waals surface area contributed by atoms with Crippen LogP contribution in [0.4, 0.5) is 0 Å². The summed E-state index contributed by atoms with van der Waals surface area (Å²) in [6.45, 7) is 7.23. The molecule has 15 heavy (non-hydrogen) atoms. The summed E-state index contributed by atoms with van der Waals surface area (Å²) < 4.78 is 5.17. The number of methoxy groups -OCH3 is 1. The zero-order valence-corrected chi connectivity index (χ0v) is 9.74. The molecule has 0 aliphatic carbocycles. The molecule has 1 heterocycles. The first-order valence-electron chi connectivity index (χ1n) is 5.64. The normalized spacial score (nSPS) is 26.4. The van der Waals surface area contributed by atoms with E-state index in [4.69, 9.17) is 4.74 Å². The van der Waals surface area contributed by atoms with Crippen molar-refractivity contribution in [2.75, 3.05) is 20.3 Å². The third-order valence-corrected chi connectivity index (χ3v) is 3.22. The molecule has 0 aromatic rings. The van der Waals surface area contributed by atoms with Gasteiger partial charge in [0.2, 0.25) is 5.91 Å². The van der Waals surface area contributed by atoms with Crippen LogP contribution < -0.4 is 0 Å². The second kappa shape index (κ2) is 5.91. The lowest BCUT2D eigenvalue weighted by atomic mass is 9.89. The Morgan fingerprint density at radius 1 is 1.67 bits per heavy atom. The first-order valence-corrected chi connectivity index (χ1v) is 5.64. The van der Waals surface area contributed by atoms with Gasteiger partial charge in [-0.3, -0.25) is 4.79 Å². The van der Waals surface area contributed by atoms with Crippen LogP contribution >= 0.6 is 0 Å². The molecule has 3 heteroatoms. The Bertz CT molecular complexity index is 228. The van der Waals surface area contributed by atoms with Gasteiger partial charge in [0.1, 0.15) is 0 Å². The van der Waals surface area contributed by atoms with Crippen molar-refractivity contribution in [1.82, 2.24) is 4.90 Å². The molecule has 1 aliphatic heterocycles. The number of carbonyl (C=O) groups excluding carboxylic acids is 1. The first kappa shape index (κ1) is 12.2. The van der Waals surface area contributed by atoms with E-state index < -0.39 is 0 Å². The predicted octanol–water partition coefficient (Wildman–Crippen LogP) is 1.84. The lowest BCUT2D eigenvalue weighted by Gasteiger charge is -2.38. The molecule has 1 aliphatic rings. The highest BCUT2D eigenvalue weighted by molar-refractivity contribution is 5.87. The molecule has 3 nitrogen and oxygen atoms in total. The molecule has 0 radical (unpaired) electrons. The van der Waals surface area contributed by atoms with Crippen LogP contribution in [0.15, 0.2) is 12.7 Å². The zero-order valence-electron chi connectivity index (χ0n) is 9.74. The minimum Gasteiger partial charge on any atom is -0.383 e. The van der Waals surface area contributed by atoms with Crippen LogP contribution in [0.5, 0.6) is 0 Å². The quantitative estimate of drug-likeness (QED) is 0.664. The van der Waals surface area contributed by atoms with E-state index in [9.17, 15) is 4.79 Å². The van der Waals surface area contributed by atoms with Crippen molar-refractivity contribution >= 4 is 5.91 Å². The summed E-state index contributed by atoms with van der Waals surface area (Å²) in [5.74, 6) is 0.769. The standard InChI is InChI=1S/C12H21NO2/c1-4-10-6-7-13(12(14)5-2)11(8-10)9-15-3/h5,10-11H,2,4,6-9H2,1,3H3. The van der Waals surface area contributed by atoms with Crippen LogP contribution in [-0.2, 0) is 9.53 Å². The number of carbonyl (C=O) groups is 1. The summed E-state index contributed by atoms with van der Waals surface area (Å²) in [6, 6.07) is 0.235. The van der Waals surface area contributed by atoms with Crippen molar-refractivity contribution in [2.24, 2.45) is 5.92 Å². The van der Waals surface area contributed by atoms with Gasteiger partial charge in [-0.05, 0) is 24.8 Å². The molecule has 0 bridgehead atoms. The van der Waals surface area contributed by atoms with Gasteiger partial charge in [0.25, 0.3) is 0 Å². The molecular weight excluding hydrogens is 190 g/mol. The largest absolute Gasteiger partial charge is 0.383 e. The van der Waals surface area contributed by atoms with Crippen molar-refractivity contribution < 1.29 is 9.53 Å². The van der Waals surface area contributed by atoms with Gasteiger partial charge in [-0.15, -0.1) is 0 Å². The molecule has 0 aromatic heterocycles. The topological polar surface area (TPSA) is 29.5 Å². The average molecular weight is 211 g/mol. The Kier molecular flexibility index (Phi) is 4.82. The van der Waals surface area contributed by atoms with Gasteiger partial charge in [-0.1, -0.05) is 19.9 Å². The van der Waals surface area contributed by atoms with E-state index in [0.717, 1.165) is 25.3 Å². The maximum Gasteiger partial charge on any atom is 0.246 e. The Morgan fingerprint density at radius 3 is 2.93 bits per heavy atom. The van der Waals surface area contributed by atoms with E-state index in [1.807, 2.05) is 4.90 Å². The molecule has 0 N–H and O–H groups in total. The first-order chi connectivity index (χ1) is 7.22. The number of rotatable bonds is 4. The van der Waals surface area contributed by atoms with Crippen LogP contribution in [-0.4, -0.2) is 37.1 Å². The number of likely N-dealkylation sites (tertiary alicyclic amines) is 1. The number of hydrogen-bond acceptors (Lipinski definition) is 2. The minimum atomic E-state index is 0.0339. The maximum atomic E-state index is 11.6. The molecule has 1 fully saturated rings. The van der Waals surface area contributed by atoms with Gasteiger partial charge in [0.05, 0.1) is 12.6 Å². The van der Waals surface area contributed by atoms with Crippen molar-refractivity contribution in [3.8, 4) is 0 Å². The van der Waals surface area contributed by atoms with Gasteiger partial charge in [-0.2, -0.15) is 0 Å². The summed E-state index contributed by atoms with van der Waals surface area (Å²) in [6.07, 6.45) is 4.76.